The van der Waals surface area contributed by atoms with E-state index in [-0.39, 0.29) is 12.3 Å². The molecule has 0 saturated carbocycles. The van der Waals surface area contributed by atoms with Gasteiger partial charge in [0.15, 0.2) is 0 Å². The van der Waals surface area contributed by atoms with E-state index in [1.165, 1.54) is 6.33 Å². The van der Waals surface area contributed by atoms with Crippen molar-refractivity contribution in [3.05, 3.63) is 18.1 Å². The lowest BCUT2D eigenvalue weighted by Crippen LogP contribution is -2.56. The number of aryl methyl sites for hydroxylation is 1. The number of nitrogens with one attached hydrogen (secondary N) is 1. The highest BCUT2D eigenvalue weighted by Crippen LogP contribution is 2.18. The zero-order valence-electron chi connectivity index (χ0n) is 9.96. The number of carbonyl (C=O) groups is 2. The molecule has 0 aromatic carbocycles. The molecule has 2 rings (SSSR count). The second-order valence-electron chi connectivity index (χ2n) is 4.12. The summed E-state index contributed by atoms with van der Waals surface area (Å²) in [5, 5.41) is 11.5. The molecule has 1 fully saturated rings. The molecule has 1 aliphatic rings. The lowest BCUT2D eigenvalue weighted by molar-refractivity contribution is -0.139. The number of piperazine rings is 1. The van der Waals surface area contributed by atoms with Crippen LogP contribution >= 0.6 is 0 Å². The summed E-state index contributed by atoms with van der Waals surface area (Å²) in [6.07, 6.45) is 1.17. The second kappa shape index (κ2) is 4.99. The average molecular weight is 250 g/mol. The van der Waals surface area contributed by atoms with Gasteiger partial charge in [0.05, 0.1) is 6.42 Å². The normalized spacial score (nSPS) is 19.5. The van der Waals surface area contributed by atoms with Crippen LogP contribution < -0.4 is 10.2 Å². The number of amides is 1. The first-order chi connectivity index (χ1) is 8.58. The highest BCUT2D eigenvalue weighted by atomic mass is 16.4. The Hall–Kier alpha value is -2.18. The Kier molecular flexibility index (Phi) is 3.40. The van der Waals surface area contributed by atoms with E-state index in [2.05, 4.69) is 15.3 Å². The molecule has 1 aromatic heterocycles. The quantitative estimate of drug-likeness (QED) is 0.755. The van der Waals surface area contributed by atoms with Crippen molar-refractivity contribution in [2.24, 2.45) is 0 Å². The lowest BCUT2D eigenvalue weighted by atomic mass is 10.1. The number of aromatic nitrogens is 2. The van der Waals surface area contributed by atoms with Crippen molar-refractivity contribution in [3.8, 4) is 0 Å². The molecule has 7 heteroatoms. The Labute approximate surface area is 104 Å². The Bertz CT molecular complexity index is 477. The van der Waals surface area contributed by atoms with Crippen LogP contribution in [0.3, 0.4) is 0 Å². The number of carboxylic acids is 1. The number of anilines is 1. The molecule has 2 N–H and O–H groups in total. The van der Waals surface area contributed by atoms with Gasteiger partial charge in [0.1, 0.15) is 18.2 Å². The summed E-state index contributed by atoms with van der Waals surface area (Å²) in [6, 6.07) is 1.03. The van der Waals surface area contributed by atoms with Gasteiger partial charge in [-0.05, 0) is 6.92 Å². The van der Waals surface area contributed by atoms with E-state index in [4.69, 9.17) is 5.11 Å². The van der Waals surface area contributed by atoms with Gasteiger partial charge in [0.2, 0.25) is 5.91 Å². The van der Waals surface area contributed by atoms with Crippen molar-refractivity contribution in [3.63, 3.8) is 0 Å². The molecule has 1 atom stereocenters. The molecule has 0 aliphatic carbocycles. The maximum Gasteiger partial charge on any atom is 0.305 e. The first-order valence-electron chi connectivity index (χ1n) is 5.62. The first kappa shape index (κ1) is 12.3. The summed E-state index contributed by atoms with van der Waals surface area (Å²) in [4.78, 5) is 32.3. The van der Waals surface area contributed by atoms with Crippen LogP contribution in [0.2, 0.25) is 0 Å². The van der Waals surface area contributed by atoms with Crippen molar-refractivity contribution in [2.75, 3.05) is 18.0 Å². The van der Waals surface area contributed by atoms with Crippen LogP contribution in [0.5, 0.6) is 0 Å². The van der Waals surface area contributed by atoms with Gasteiger partial charge in [-0.1, -0.05) is 0 Å². The van der Waals surface area contributed by atoms with Crippen LogP contribution in [-0.4, -0.2) is 46.1 Å². The summed E-state index contributed by atoms with van der Waals surface area (Å²) in [6.45, 7) is 2.85. The molecule has 1 aromatic rings. The molecule has 18 heavy (non-hydrogen) atoms. The van der Waals surface area contributed by atoms with Gasteiger partial charge in [-0.2, -0.15) is 0 Å². The number of carbonyl (C=O) groups excluding carboxylic acids is 1. The lowest BCUT2D eigenvalue weighted by Gasteiger charge is -2.35. The Balaban J connectivity index is 2.27. The number of hydrogen-bond donors (Lipinski definition) is 2. The molecule has 2 heterocycles. The van der Waals surface area contributed by atoms with Crippen molar-refractivity contribution in [1.82, 2.24) is 15.3 Å². The molecule has 96 valence electrons. The van der Waals surface area contributed by atoms with Crippen LogP contribution in [0.15, 0.2) is 12.4 Å². The largest absolute Gasteiger partial charge is 0.481 e. The van der Waals surface area contributed by atoms with E-state index in [0.717, 1.165) is 5.69 Å². The molecule has 1 aliphatic heterocycles. The highest BCUT2D eigenvalue weighted by molar-refractivity contribution is 5.90. The van der Waals surface area contributed by atoms with Crippen molar-refractivity contribution >= 4 is 17.7 Å². The summed E-state index contributed by atoms with van der Waals surface area (Å²) in [5.41, 5.74) is 0.778. The number of nitrogens with zero attached hydrogens (tertiary/aromatic N) is 3. The fraction of sp³-hybridized carbons (Fsp3) is 0.455. The zero-order chi connectivity index (χ0) is 13.1. The molecule has 0 spiro atoms. The fourth-order valence-electron chi connectivity index (χ4n) is 1.95. The van der Waals surface area contributed by atoms with E-state index in [1.807, 2.05) is 6.92 Å². The number of hydrogen-bond acceptors (Lipinski definition) is 5. The minimum absolute atomic E-state index is 0.241. The summed E-state index contributed by atoms with van der Waals surface area (Å²) >= 11 is 0. The van der Waals surface area contributed by atoms with Crippen molar-refractivity contribution in [2.45, 2.75) is 19.4 Å². The van der Waals surface area contributed by atoms with Crippen LogP contribution in [0.25, 0.3) is 0 Å². The maximum absolute atomic E-state index is 11.7. The SMILES string of the molecule is Cc1cc(N2CCNC(=O)C2CC(=O)O)ncn1. The van der Waals surface area contributed by atoms with Gasteiger partial charge in [0, 0.05) is 24.8 Å². The summed E-state index contributed by atoms with van der Waals surface area (Å²) < 4.78 is 0. The summed E-state index contributed by atoms with van der Waals surface area (Å²) in [7, 11) is 0. The average Bonchev–Trinajstić information content (AvgIpc) is 2.31. The number of rotatable bonds is 3. The number of carboxylic acid groups (broad SMARTS) is 1. The van der Waals surface area contributed by atoms with Crippen LogP contribution in [-0.2, 0) is 9.59 Å². The van der Waals surface area contributed by atoms with Gasteiger partial charge in [-0.15, -0.1) is 0 Å². The maximum atomic E-state index is 11.7. The van der Waals surface area contributed by atoms with Crippen LogP contribution in [0, 0.1) is 6.92 Å². The summed E-state index contributed by atoms with van der Waals surface area (Å²) in [5.74, 6) is -0.698. The molecular weight excluding hydrogens is 236 g/mol. The Morgan fingerprint density at radius 1 is 1.61 bits per heavy atom. The molecule has 7 nitrogen and oxygen atoms in total. The van der Waals surface area contributed by atoms with Gasteiger partial charge < -0.3 is 15.3 Å². The molecular formula is C11H14N4O3. The van der Waals surface area contributed by atoms with Crippen molar-refractivity contribution in [1.29, 1.82) is 0 Å². The predicted octanol–water partition coefficient (Wildman–Crippen LogP) is -0.435. The van der Waals surface area contributed by atoms with Gasteiger partial charge in [-0.3, -0.25) is 9.59 Å². The number of aliphatic carboxylic acids is 1. The van der Waals surface area contributed by atoms with Crippen LogP contribution in [0.1, 0.15) is 12.1 Å². The molecule has 0 radical (unpaired) electrons. The molecule has 1 unspecified atom stereocenters. The van der Waals surface area contributed by atoms with E-state index in [9.17, 15) is 9.59 Å². The van der Waals surface area contributed by atoms with Gasteiger partial charge >= 0.3 is 5.97 Å². The monoisotopic (exact) mass is 250 g/mol. The minimum atomic E-state index is -1.01. The highest BCUT2D eigenvalue weighted by Gasteiger charge is 2.32. The zero-order valence-corrected chi connectivity index (χ0v) is 9.96. The third-order valence-electron chi connectivity index (χ3n) is 2.78. The van der Waals surface area contributed by atoms with E-state index in [1.54, 1.807) is 11.0 Å². The first-order valence-corrected chi connectivity index (χ1v) is 5.62. The smallest absolute Gasteiger partial charge is 0.305 e. The third kappa shape index (κ3) is 2.55. The third-order valence-corrected chi connectivity index (χ3v) is 2.78. The van der Waals surface area contributed by atoms with Crippen molar-refractivity contribution < 1.29 is 14.7 Å². The molecule has 1 saturated heterocycles. The van der Waals surface area contributed by atoms with E-state index in [0.29, 0.717) is 18.9 Å². The Morgan fingerprint density at radius 2 is 2.39 bits per heavy atom. The minimum Gasteiger partial charge on any atom is -0.481 e. The Morgan fingerprint density at radius 3 is 3.06 bits per heavy atom. The fourth-order valence-corrected chi connectivity index (χ4v) is 1.95. The standard InChI is InChI=1S/C11H14N4O3/c1-7-4-9(14-6-13-7)15-3-2-12-11(18)8(15)5-10(16)17/h4,6,8H,2-3,5H2,1H3,(H,12,18)(H,16,17). The van der Waals surface area contributed by atoms with E-state index >= 15 is 0 Å². The molecule has 1 amide bonds. The van der Waals surface area contributed by atoms with E-state index < -0.39 is 12.0 Å². The van der Waals surface area contributed by atoms with Gasteiger partial charge in [0.25, 0.3) is 0 Å². The second-order valence-corrected chi connectivity index (χ2v) is 4.12. The van der Waals surface area contributed by atoms with Gasteiger partial charge in [-0.25, -0.2) is 9.97 Å². The topological polar surface area (TPSA) is 95.4 Å². The molecule has 0 bridgehead atoms. The predicted molar refractivity (Wildman–Crippen MR) is 63.2 cm³/mol. The van der Waals surface area contributed by atoms with Crippen LogP contribution in [0.4, 0.5) is 5.82 Å².